The van der Waals surface area contributed by atoms with Crippen molar-refractivity contribution in [2.45, 2.75) is 51.2 Å². The third kappa shape index (κ3) is 4.87. The average molecular weight is 340 g/mol. The molecule has 0 aliphatic carbocycles. The highest BCUT2D eigenvalue weighted by Crippen LogP contribution is 2.33. The lowest BCUT2D eigenvalue weighted by molar-refractivity contribution is -0.0243. The predicted molar refractivity (Wildman–Crippen MR) is 88.1 cm³/mol. The third-order valence-electron chi connectivity index (χ3n) is 4.08. The summed E-state index contributed by atoms with van der Waals surface area (Å²) in [5.74, 6) is 0.639. The van der Waals surface area contributed by atoms with Gasteiger partial charge in [0.2, 0.25) is 0 Å². The summed E-state index contributed by atoms with van der Waals surface area (Å²) in [6, 6.07) is 8.68. The second-order valence-corrected chi connectivity index (χ2v) is 7.44. The van der Waals surface area contributed by atoms with Gasteiger partial charge in [0.15, 0.2) is 0 Å². The van der Waals surface area contributed by atoms with Gasteiger partial charge in [-0.25, -0.2) is 0 Å². The summed E-state index contributed by atoms with van der Waals surface area (Å²) in [7, 11) is 2.04. The van der Waals surface area contributed by atoms with E-state index in [4.69, 9.17) is 4.74 Å². The Morgan fingerprint density at radius 1 is 1.35 bits per heavy atom. The van der Waals surface area contributed by atoms with Gasteiger partial charge in [-0.15, -0.1) is 0 Å². The molecule has 20 heavy (non-hydrogen) atoms. The summed E-state index contributed by atoms with van der Waals surface area (Å²) in [6.07, 6.45) is 5.09. The molecule has 1 N–H and O–H groups in total. The van der Waals surface area contributed by atoms with E-state index in [0.717, 1.165) is 23.9 Å². The van der Waals surface area contributed by atoms with Crippen molar-refractivity contribution in [2.75, 3.05) is 13.6 Å². The Bertz CT molecular complexity index is 416. The van der Waals surface area contributed by atoms with Crippen molar-refractivity contribution in [3.05, 3.63) is 34.3 Å². The molecule has 0 bridgehead atoms. The van der Waals surface area contributed by atoms with Crippen molar-refractivity contribution in [3.63, 3.8) is 0 Å². The standard InChI is InChI=1S/C17H26BrNO/c1-17(2)9-8-16(20-17)11-14(12-19-3)10-13-4-6-15(18)7-5-13/h4-7,14,16,19H,8-12H2,1-3H3. The van der Waals surface area contributed by atoms with Crippen LogP contribution in [0.3, 0.4) is 0 Å². The molecule has 1 aromatic rings. The van der Waals surface area contributed by atoms with Gasteiger partial charge in [0.1, 0.15) is 0 Å². The van der Waals surface area contributed by atoms with Gasteiger partial charge < -0.3 is 10.1 Å². The van der Waals surface area contributed by atoms with Crippen LogP contribution in [0.25, 0.3) is 0 Å². The maximum atomic E-state index is 6.15. The van der Waals surface area contributed by atoms with Gasteiger partial charge in [-0.3, -0.25) is 0 Å². The Morgan fingerprint density at radius 2 is 2.05 bits per heavy atom. The van der Waals surface area contributed by atoms with E-state index in [1.807, 2.05) is 7.05 Å². The zero-order valence-corrected chi connectivity index (χ0v) is 14.4. The molecule has 0 saturated carbocycles. The molecule has 2 rings (SSSR count). The monoisotopic (exact) mass is 339 g/mol. The van der Waals surface area contributed by atoms with Gasteiger partial charge in [0.25, 0.3) is 0 Å². The topological polar surface area (TPSA) is 21.3 Å². The lowest BCUT2D eigenvalue weighted by atomic mass is 9.92. The number of hydrogen-bond donors (Lipinski definition) is 1. The summed E-state index contributed by atoms with van der Waals surface area (Å²) in [5, 5.41) is 3.33. The van der Waals surface area contributed by atoms with Gasteiger partial charge in [0, 0.05) is 4.47 Å². The summed E-state index contributed by atoms with van der Waals surface area (Å²) < 4.78 is 7.29. The number of benzene rings is 1. The van der Waals surface area contributed by atoms with Crippen LogP contribution in [0.1, 0.15) is 38.7 Å². The lowest BCUT2D eigenvalue weighted by Gasteiger charge is -2.23. The fourth-order valence-electron chi connectivity index (χ4n) is 3.10. The van der Waals surface area contributed by atoms with Crippen molar-refractivity contribution >= 4 is 15.9 Å². The van der Waals surface area contributed by atoms with Crippen molar-refractivity contribution in [1.29, 1.82) is 0 Å². The zero-order chi connectivity index (χ0) is 14.6. The van der Waals surface area contributed by atoms with Gasteiger partial charge in [-0.2, -0.15) is 0 Å². The Kier molecular flexibility index (Phi) is 5.65. The third-order valence-corrected chi connectivity index (χ3v) is 4.61. The predicted octanol–water partition coefficient (Wildman–Crippen LogP) is 4.17. The van der Waals surface area contributed by atoms with E-state index in [2.05, 4.69) is 59.4 Å². The first kappa shape index (κ1) is 16.0. The largest absolute Gasteiger partial charge is 0.372 e. The van der Waals surface area contributed by atoms with Gasteiger partial charge in [-0.1, -0.05) is 28.1 Å². The van der Waals surface area contributed by atoms with E-state index in [0.29, 0.717) is 12.0 Å². The fourth-order valence-corrected chi connectivity index (χ4v) is 3.36. The lowest BCUT2D eigenvalue weighted by Crippen LogP contribution is -2.27. The van der Waals surface area contributed by atoms with Crippen LogP contribution in [0.15, 0.2) is 28.7 Å². The molecule has 1 saturated heterocycles. The van der Waals surface area contributed by atoms with E-state index in [1.165, 1.54) is 18.4 Å². The van der Waals surface area contributed by atoms with Crippen molar-refractivity contribution in [3.8, 4) is 0 Å². The average Bonchev–Trinajstić information content (AvgIpc) is 2.72. The highest BCUT2D eigenvalue weighted by Gasteiger charge is 2.32. The molecule has 1 aliphatic rings. The highest BCUT2D eigenvalue weighted by atomic mass is 79.9. The van der Waals surface area contributed by atoms with Crippen LogP contribution in [0.2, 0.25) is 0 Å². The van der Waals surface area contributed by atoms with E-state index >= 15 is 0 Å². The first-order chi connectivity index (χ1) is 9.48. The number of halogens is 1. The SMILES string of the molecule is CNCC(Cc1ccc(Br)cc1)CC1CCC(C)(C)O1. The molecule has 1 aliphatic heterocycles. The summed E-state index contributed by atoms with van der Waals surface area (Å²) >= 11 is 3.49. The summed E-state index contributed by atoms with van der Waals surface area (Å²) in [6.45, 7) is 5.46. The maximum Gasteiger partial charge on any atom is 0.0631 e. The zero-order valence-electron chi connectivity index (χ0n) is 12.8. The fraction of sp³-hybridized carbons (Fsp3) is 0.647. The quantitative estimate of drug-likeness (QED) is 0.839. The molecular weight excluding hydrogens is 314 g/mol. The second-order valence-electron chi connectivity index (χ2n) is 6.53. The molecule has 1 heterocycles. The van der Waals surface area contributed by atoms with Crippen molar-refractivity contribution in [1.82, 2.24) is 5.32 Å². The van der Waals surface area contributed by atoms with E-state index in [1.54, 1.807) is 0 Å². The minimum atomic E-state index is 0.0759. The molecule has 0 spiro atoms. The van der Waals surface area contributed by atoms with Crippen LogP contribution in [0.5, 0.6) is 0 Å². The maximum absolute atomic E-state index is 6.15. The van der Waals surface area contributed by atoms with Gasteiger partial charge in [-0.05, 0) is 76.7 Å². The molecule has 0 radical (unpaired) electrons. The molecule has 1 aromatic carbocycles. The van der Waals surface area contributed by atoms with Crippen LogP contribution >= 0.6 is 15.9 Å². The molecule has 112 valence electrons. The Hall–Kier alpha value is -0.380. The van der Waals surface area contributed by atoms with Crippen molar-refractivity contribution < 1.29 is 4.74 Å². The molecule has 2 atom stereocenters. The molecular formula is C17H26BrNO. The minimum absolute atomic E-state index is 0.0759. The van der Waals surface area contributed by atoms with Crippen LogP contribution < -0.4 is 5.32 Å². The van der Waals surface area contributed by atoms with Crippen molar-refractivity contribution in [2.24, 2.45) is 5.92 Å². The van der Waals surface area contributed by atoms with Gasteiger partial charge in [0.05, 0.1) is 11.7 Å². The first-order valence-corrected chi connectivity index (χ1v) is 8.35. The molecule has 0 amide bonds. The Morgan fingerprint density at radius 3 is 2.60 bits per heavy atom. The highest BCUT2D eigenvalue weighted by molar-refractivity contribution is 9.10. The van der Waals surface area contributed by atoms with Crippen LogP contribution in [0.4, 0.5) is 0 Å². The van der Waals surface area contributed by atoms with E-state index in [9.17, 15) is 0 Å². The van der Waals surface area contributed by atoms with E-state index < -0.39 is 0 Å². The molecule has 2 nitrogen and oxygen atoms in total. The van der Waals surface area contributed by atoms with Crippen LogP contribution in [-0.4, -0.2) is 25.3 Å². The molecule has 2 unspecified atom stereocenters. The molecule has 3 heteroatoms. The molecule has 1 fully saturated rings. The van der Waals surface area contributed by atoms with Crippen LogP contribution in [-0.2, 0) is 11.2 Å². The van der Waals surface area contributed by atoms with E-state index in [-0.39, 0.29) is 5.60 Å². The Labute approximate surface area is 131 Å². The number of rotatable bonds is 6. The Balaban J connectivity index is 1.91. The minimum Gasteiger partial charge on any atom is -0.372 e. The summed E-state index contributed by atoms with van der Waals surface area (Å²) in [4.78, 5) is 0. The normalized spacial score (nSPS) is 22.9. The smallest absolute Gasteiger partial charge is 0.0631 e. The van der Waals surface area contributed by atoms with Gasteiger partial charge >= 0.3 is 0 Å². The number of ether oxygens (including phenoxy) is 1. The summed E-state index contributed by atoms with van der Waals surface area (Å²) in [5.41, 5.74) is 1.48. The first-order valence-electron chi connectivity index (χ1n) is 7.55. The molecule has 0 aromatic heterocycles. The second kappa shape index (κ2) is 7.06. The number of hydrogen-bond acceptors (Lipinski definition) is 2. The van der Waals surface area contributed by atoms with Crippen LogP contribution in [0, 0.1) is 5.92 Å². The number of nitrogens with one attached hydrogen (secondary N) is 1.